The summed E-state index contributed by atoms with van der Waals surface area (Å²) in [4.78, 5) is 25.9. The predicted molar refractivity (Wildman–Crippen MR) is 108 cm³/mol. The number of anilines is 1. The number of amides is 2. The van der Waals surface area contributed by atoms with Crippen molar-refractivity contribution in [3.8, 4) is 5.75 Å². The van der Waals surface area contributed by atoms with Gasteiger partial charge in [-0.05, 0) is 36.6 Å². The normalized spacial score (nSPS) is 10.3. The van der Waals surface area contributed by atoms with Crippen molar-refractivity contribution in [3.63, 3.8) is 0 Å². The summed E-state index contributed by atoms with van der Waals surface area (Å²) in [6, 6.07) is 15.5. The largest absolute Gasteiger partial charge is 0.493 e. The highest BCUT2D eigenvalue weighted by Gasteiger charge is 2.17. The van der Waals surface area contributed by atoms with E-state index >= 15 is 0 Å². The minimum Gasteiger partial charge on any atom is -0.493 e. The number of benzene rings is 2. The molecule has 144 valence electrons. The van der Waals surface area contributed by atoms with Crippen LogP contribution in [0.5, 0.6) is 5.75 Å². The van der Waals surface area contributed by atoms with Crippen LogP contribution >= 0.6 is 0 Å². The van der Waals surface area contributed by atoms with Crippen molar-refractivity contribution in [3.05, 3.63) is 59.7 Å². The molecule has 0 radical (unpaired) electrons. The molecule has 0 atom stereocenters. The number of nitrogens with zero attached hydrogens (tertiary/aromatic N) is 1. The third kappa shape index (κ3) is 6.13. The maximum Gasteiger partial charge on any atom is 0.223 e. The monoisotopic (exact) mass is 368 g/mol. The Hall–Kier alpha value is -2.82. The molecule has 0 aliphatic carbocycles. The maximum atomic E-state index is 12.2. The van der Waals surface area contributed by atoms with Crippen LogP contribution < -0.4 is 15.0 Å². The second kappa shape index (κ2) is 10.4. The number of nitrogens with one attached hydrogen (secondary N) is 1. The smallest absolute Gasteiger partial charge is 0.223 e. The highest BCUT2D eigenvalue weighted by molar-refractivity contribution is 5.93. The van der Waals surface area contributed by atoms with Crippen LogP contribution in [0.1, 0.15) is 31.4 Å². The first-order valence-corrected chi connectivity index (χ1v) is 9.34. The Morgan fingerprint density at radius 2 is 1.81 bits per heavy atom. The minimum atomic E-state index is -0.0880. The van der Waals surface area contributed by atoms with Crippen molar-refractivity contribution in [2.45, 2.75) is 33.6 Å². The Bertz CT molecular complexity index is 759. The van der Waals surface area contributed by atoms with E-state index in [1.165, 1.54) is 0 Å². The molecule has 2 aromatic rings. The molecular formula is C22H28N2O3. The first-order chi connectivity index (χ1) is 13.0. The summed E-state index contributed by atoms with van der Waals surface area (Å²) in [5.74, 6) is 0.635. The highest BCUT2D eigenvalue weighted by atomic mass is 16.5. The summed E-state index contributed by atoms with van der Waals surface area (Å²) in [6.07, 6.45) is 1.13. The average Bonchev–Trinajstić information content (AvgIpc) is 2.66. The van der Waals surface area contributed by atoms with Gasteiger partial charge in [-0.3, -0.25) is 9.59 Å². The lowest BCUT2D eigenvalue weighted by molar-refractivity contribution is -0.122. The summed E-state index contributed by atoms with van der Waals surface area (Å²) >= 11 is 0. The van der Waals surface area contributed by atoms with Gasteiger partial charge in [0, 0.05) is 25.7 Å². The van der Waals surface area contributed by atoms with Crippen LogP contribution in [-0.4, -0.2) is 31.5 Å². The lowest BCUT2D eigenvalue weighted by Crippen LogP contribution is -2.38. The standard InChI is InChI=1S/C22H28N2O3/c1-4-19-10-8-9-17(2)22(19)24(18(3)25)15-14-23-21(26)13-16-27-20-11-6-5-7-12-20/h5-12H,4,13-16H2,1-3H3,(H,23,26). The van der Waals surface area contributed by atoms with Gasteiger partial charge in [0.05, 0.1) is 13.0 Å². The molecule has 0 saturated carbocycles. The number of rotatable bonds is 9. The second-order valence-electron chi connectivity index (χ2n) is 6.37. The number of ether oxygens (including phenoxy) is 1. The predicted octanol–water partition coefficient (Wildman–Crippen LogP) is 3.50. The van der Waals surface area contributed by atoms with E-state index in [2.05, 4.69) is 12.2 Å². The van der Waals surface area contributed by atoms with Crippen molar-refractivity contribution in [1.29, 1.82) is 0 Å². The zero-order chi connectivity index (χ0) is 19.6. The van der Waals surface area contributed by atoms with Gasteiger partial charge in [-0.2, -0.15) is 0 Å². The lowest BCUT2D eigenvalue weighted by atomic mass is 10.0. The lowest BCUT2D eigenvalue weighted by Gasteiger charge is -2.26. The molecule has 5 heteroatoms. The van der Waals surface area contributed by atoms with Crippen LogP contribution in [0.15, 0.2) is 48.5 Å². The number of para-hydroxylation sites is 2. The van der Waals surface area contributed by atoms with E-state index in [9.17, 15) is 9.59 Å². The van der Waals surface area contributed by atoms with Gasteiger partial charge in [0.1, 0.15) is 5.75 Å². The van der Waals surface area contributed by atoms with Crippen LogP contribution in [0.2, 0.25) is 0 Å². The molecule has 1 N–H and O–H groups in total. The molecule has 0 bridgehead atoms. The van der Waals surface area contributed by atoms with Crippen molar-refractivity contribution in [2.24, 2.45) is 0 Å². The van der Waals surface area contributed by atoms with Crippen molar-refractivity contribution in [2.75, 3.05) is 24.6 Å². The number of hydrogen-bond acceptors (Lipinski definition) is 3. The van der Waals surface area contributed by atoms with Crippen LogP contribution in [0, 0.1) is 6.92 Å². The average molecular weight is 368 g/mol. The zero-order valence-electron chi connectivity index (χ0n) is 16.3. The van der Waals surface area contributed by atoms with Gasteiger partial charge in [-0.25, -0.2) is 0 Å². The number of aryl methyl sites for hydroxylation is 2. The van der Waals surface area contributed by atoms with E-state index in [4.69, 9.17) is 4.74 Å². The molecular weight excluding hydrogens is 340 g/mol. The van der Waals surface area contributed by atoms with Crippen molar-refractivity contribution < 1.29 is 14.3 Å². The minimum absolute atomic E-state index is 0.0272. The summed E-state index contributed by atoms with van der Waals surface area (Å²) in [7, 11) is 0. The molecule has 0 heterocycles. The molecule has 2 aromatic carbocycles. The first-order valence-electron chi connectivity index (χ1n) is 9.34. The fourth-order valence-corrected chi connectivity index (χ4v) is 2.99. The topological polar surface area (TPSA) is 58.6 Å². The Labute approximate surface area is 161 Å². The van der Waals surface area contributed by atoms with Crippen molar-refractivity contribution in [1.82, 2.24) is 5.32 Å². The molecule has 0 aliphatic heterocycles. The third-order valence-electron chi connectivity index (χ3n) is 4.35. The molecule has 5 nitrogen and oxygen atoms in total. The summed E-state index contributed by atoms with van der Waals surface area (Å²) in [5.41, 5.74) is 3.15. The molecule has 0 aromatic heterocycles. The van der Waals surface area contributed by atoms with Crippen LogP contribution in [0.25, 0.3) is 0 Å². The van der Waals surface area contributed by atoms with E-state index in [1.807, 2.05) is 55.5 Å². The molecule has 0 saturated heterocycles. The molecule has 0 unspecified atom stereocenters. The quantitative estimate of drug-likeness (QED) is 0.737. The van der Waals surface area contributed by atoms with Crippen LogP contribution in [-0.2, 0) is 16.0 Å². The Morgan fingerprint density at radius 3 is 2.48 bits per heavy atom. The number of carbonyl (C=O) groups excluding carboxylic acids is 2. The summed E-state index contributed by atoms with van der Waals surface area (Å²) < 4.78 is 5.53. The number of carbonyl (C=O) groups is 2. The third-order valence-corrected chi connectivity index (χ3v) is 4.35. The molecule has 0 fully saturated rings. The van der Waals surface area contributed by atoms with E-state index in [1.54, 1.807) is 11.8 Å². The fraction of sp³-hybridized carbons (Fsp3) is 0.364. The van der Waals surface area contributed by atoms with Gasteiger partial charge in [0.2, 0.25) is 11.8 Å². The van der Waals surface area contributed by atoms with E-state index in [0.717, 1.165) is 29.0 Å². The highest BCUT2D eigenvalue weighted by Crippen LogP contribution is 2.25. The molecule has 0 aliphatic rings. The number of hydrogen-bond donors (Lipinski definition) is 1. The van der Waals surface area contributed by atoms with Gasteiger partial charge in [0.15, 0.2) is 0 Å². The van der Waals surface area contributed by atoms with Crippen LogP contribution in [0.4, 0.5) is 5.69 Å². The zero-order valence-corrected chi connectivity index (χ0v) is 16.3. The molecule has 27 heavy (non-hydrogen) atoms. The van der Waals surface area contributed by atoms with Crippen LogP contribution in [0.3, 0.4) is 0 Å². The van der Waals surface area contributed by atoms with Crippen molar-refractivity contribution >= 4 is 17.5 Å². The molecule has 2 amide bonds. The summed E-state index contributed by atoms with van der Waals surface area (Å²) in [5, 5.41) is 2.87. The molecule has 0 spiro atoms. The maximum absolute atomic E-state index is 12.2. The van der Waals surface area contributed by atoms with E-state index < -0.39 is 0 Å². The Kier molecular flexibility index (Phi) is 7.86. The Balaban J connectivity index is 1.84. The second-order valence-corrected chi connectivity index (χ2v) is 6.37. The summed E-state index contributed by atoms with van der Waals surface area (Å²) in [6.45, 7) is 6.81. The van der Waals surface area contributed by atoms with Gasteiger partial charge >= 0.3 is 0 Å². The van der Waals surface area contributed by atoms with E-state index in [0.29, 0.717) is 19.7 Å². The SMILES string of the molecule is CCc1cccc(C)c1N(CCNC(=O)CCOc1ccccc1)C(C)=O. The fourth-order valence-electron chi connectivity index (χ4n) is 2.99. The molecule has 2 rings (SSSR count). The Morgan fingerprint density at radius 1 is 1.07 bits per heavy atom. The van der Waals surface area contributed by atoms with Gasteiger partial charge < -0.3 is 15.0 Å². The van der Waals surface area contributed by atoms with Gasteiger partial charge in [-0.15, -0.1) is 0 Å². The van der Waals surface area contributed by atoms with Gasteiger partial charge in [-0.1, -0.05) is 43.3 Å². The first kappa shape index (κ1) is 20.5. The van der Waals surface area contributed by atoms with Gasteiger partial charge in [0.25, 0.3) is 0 Å². The van der Waals surface area contributed by atoms with E-state index in [-0.39, 0.29) is 18.2 Å².